The van der Waals surface area contributed by atoms with Crippen LogP contribution in [0.4, 0.5) is 13.2 Å². The molecule has 2 aromatic heterocycles. The number of carbonyl (C=O) groups is 2. The third-order valence-corrected chi connectivity index (χ3v) is 4.60. The van der Waals surface area contributed by atoms with Gasteiger partial charge in [-0.3, -0.25) is 14.6 Å². The Bertz CT molecular complexity index is 826. The molecule has 142 valence electrons. The van der Waals surface area contributed by atoms with Gasteiger partial charge in [0.1, 0.15) is 10.7 Å². The molecule has 0 spiro atoms. The molecule has 2 amide bonds. The van der Waals surface area contributed by atoms with Crippen LogP contribution in [0.25, 0.3) is 0 Å². The number of carbonyl (C=O) groups excluding carboxylic acids is 2. The molecular weight excluding hydrogens is 383 g/mol. The van der Waals surface area contributed by atoms with Gasteiger partial charge in [0.25, 0.3) is 11.8 Å². The molecular formula is C16H14F3N5O2S. The van der Waals surface area contributed by atoms with Crippen LogP contribution in [0, 0.1) is 0 Å². The first-order valence-corrected chi connectivity index (χ1v) is 8.72. The molecule has 0 aromatic carbocycles. The van der Waals surface area contributed by atoms with Crippen LogP contribution in [0.1, 0.15) is 20.8 Å². The Morgan fingerprint density at radius 3 is 2.22 bits per heavy atom. The Morgan fingerprint density at radius 1 is 0.963 bits per heavy atom. The van der Waals surface area contributed by atoms with E-state index in [9.17, 15) is 22.8 Å². The van der Waals surface area contributed by atoms with Crippen molar-refractivity contribution in [2.24, 2.45) is 0 Å². The highest BCUT2D eigenvalue weighted by molar-refractivity contribution is 8.00. The molecule has 3 heterocycles. The van der Waals surface area contributed by atoms with Crippen LogP contribution < -0.4 is 0 Å². The molecule has 27 heavy (non-hydrogen) atoms. The van der Waals surface area contributed by atoms with Gasteiger partial charge in [-0.15, -0.1) is 0 Å². The van der Waals surface area contributed by atoms with Crippen LogP contribution in [0.2, 0.25) is 0 Å². The lowest BCUT2D eigenvalue weighted by Crippen LogP contribution is -2.50. The third kappa shape index (κ3) is 4.73. The topological polar surface area (TPSA) is 79.3 Å². The van der Waals surface area contributed by atoms with E-state index in [1.54, 1.807) is 0 Å². The molecule has 0 radical (unpaired) electrons. The van der Waals surface area contributed by atoms with Crippen molar-refractivity contribution in [2.75, 3.05) is 26.2 Å². The number of pyridine rings is 1. The Morgan fingerprint density at radius 2 is 1.63 bits per heavy atom. The van der Waals surface area contributed by atoms with Gasteiger partial charge in [0, 0.05) is 56.5 Å². The molecule has 2 aromatic rings. The Balaban J connectivity index is 1.67. The Hall–Kier alpha value is -2.69. The second-order valence-corrected chi connectivity index (χ2v) is 6.63. The summed E-state index contributed by atoms with van der Waals surface area (Å²) in [5, 5.41) is -0.381. The molecule has 1 aliphatic heterocycles. The molecule has 1 saturated heterocycles. The van der Waals surface area contributed by atoms with Gasteiger partial charge >= 0.3 is 5.51 Å². The fraction of sp³-hybridized carbons (Fsp3) is 0.312. The van der Waals surface area contributed by atoms with Crippen molar-refractivity contribution < 1.29 is 22.8 Å². The van der Waals surface area contributed by atoms with E-state index in [4.69, 9.17) is 0 Å². The van der Waals surface area contributed by atoms with Crippen LogP contribution in [-0.4, -0.2) is 68.3 Å². The molecule has 1 aliphatic rings. The quantitative estimate of drug-likeness (QED) is 0.738. The highest BCUT2D eigenvalue weighted by Gasteiger charge is 2.34. The number of piperazine rings is 1. The van der Waals surface area contributed by atoms with Crippen LogP contribution in [0.15, 0.2) is 41.9 Å². The van der Waals surface area contributed by atoms with Crippen LogP contribution in [-0.2, 0) is 0 Å². The van der Waals surface area contributed by atoms with Gasteiger partial charge in [0.15, 0.2) is 0 Å². The molecule has 3 rings (SSSR count). The monoisotopic (exact) mass is 397 g/mol. The first-order valence-electron chi connectivity index (χ1n) is 7.90. The number of rotatable bonds is 3. The molecule has 11 heteroatoms. The van der Waals surface area contributed by atoms with E-state index < -0.39 is 23.2 Å². The molecule has 1 fully saturated rings. The van der Waals surface area contributed by atoms with E-state index in [2.05, 4.69) is 15.0 Å². The summed E-state index contributed by atoms with van der Waals surface area (Å²) in [7, 11) is 0. The molecule has 0 unspecified atom stereocenters. The predicted octanol–water partition coefficient (Wildman–Crippen LogP) is 2.08. The van der Waals surface area contributed by atoms with Crippen molar-refractivity contribution >= 4 is 23.6 Å². The lowest BCUT2D eigenvalue weighted by Gasteiger charge is -2.34. The van der Waals surface area contributed by atoms with Crippen LogP contribution in [0.5, 0.6) is 0 Å². The predicted molar refractivity (Wildman–Crippen MR) is 90.0 cm³/mol. The lowest BCUT2D eigenvalue weighted by molar-refractivity contribution is -0.0329. The van der Waals surface area contributed by atoms with Crippen LogP contribution >= 0.6 is 11.8 Å². The molecule has 0 N–H and O–H groups in total. The molecule has 7 nitrogen and oxygen atoms in total. The van der Waals surface area contributed by atoms with Crippen molar-refractivity contribution in [1.82, 2.24) is 24.8 Å². The highest BCUT2D eigenvalue weighted by atomic mass is 32.2. The number of aromatic nitrogens is 3. The summed E-state index contributed by atoms with van der Waals surface area (Å²) >= 11 is -0.416. The first kappa shape index (κ1) is 19.1. The largest absolute Gasteiger partial charge is 0.447 e. The summed E-state index contributed by atoms with van der Waals surface area (Å²) in [6.45, 7) is 0.915. The van der Waals surface area contributed by atoms with Gasteiger partial charge < -0.3 is 9.80 Å². The maximum absolute atomic E-state index is 12.7. The minimum atomic E-state index is -4.54. The normalized spacial score (nSPS) is 14.9. The number of halogens is 3. The fourth-order valence-electron chi connectivity index (χ4n) is 2.60. The average Bonchev–Trinajstić information content (AvgIpc) is 2.67. The summed E-state index contributed by atoms with van der Waals surface area (Å²) in [6, 6.07) is 2.74. The number of hydrogen-bond acceptors (Lipinski definition) is 6. The number of hydrogen-bond donors (Lipinski definition) is 0. The maximum Gasteiger partial charge on any atom is 0.447 e. The molecule has 0 bridgehead atoms. The van der Waals surface area contributed by atoms with Crippen molar-refractivity contribution in [3.05, 3.63) is 48.2 Å². The Kier molecular flexibility index (Phi) is 5.59. The van der Waals surface area contributed by atoms with E-state index in [0.717, 1.165) is 0 Å². The second-order valence-electron chi connectivity index (χ2n) is 5.58. The minimum Gasteiger partial charge on any atom is -0.335 e. The standard InChI is InChI=1S/C16H14F3N5O2S/c17-16(18,19)27-13-11(2-1-3-22-13)14(25)23-6-8-24(9-7-23)15(26)12-10-20-4-5-21-12/h1-5,10H,6-9H2. The average molecular weight is 397 g/mol. The maximum atomic E-state index is 12.7. The van der Waals surface area contributed by atoms with Crippen molar-refractivity contribution in [2.45, 2.75) is 10.5 Å². The van der Waals surface area contributed by atoms with Gasteiger partial charge in [-0.1, -0.05) is 0 Å². The smallest absolute Gasteiger partial charge is 0.335 e. The van der Waals surface area contributed by atoms with Crippen molar-refractivity contribution in [3.8, 4) is 0 Å². The Labute approximate surface area is 156 Å². The zero-order chi connectivity index (χ0) is 19.4. The van der Waals surface area contributed by atoms with Crippen LogP contribution in [0.3, 0.4) is 0 Å². The van der Waals surface area contributed by atoms with Crippen molar-refractivity contribution in [1.29, 1.82) is 0 Å². The summed E-state index contributed by atoms with van der Waals surface area (Å²) < 4.78 is 38.0. The third-order valence-electron chi connectivity index (χ3n) is 3.85. The second kappa shape index (κ2) is 7.91. The molecule has 0 atom stereocenters. The van der Waals surface area contributed by atoms with E-state index in [1.165, 1.54) is 46.7 Å². The number of thioether (sulfide) groups is 1. The number of amides is 2. The SMILES string of the molecule is O=C(c1cnccn1)N1CCN(C(=O)c2cccnc2SC(F)(F)F)CC1. The first-order chi connectivity index (χ1) is 12.8. The summed E-state index contributed by atoms with van der Waals surface area (Å²) in [4.78, 5) is 39.4. The number of alkyl halides is 3. The summed E-state index contributed by atoms with van der Waals surface area (Å²) in [5.41, 5.74) is -4.44. The van der Waals surface area contributed by atoms with E-state index in [1.807, 2.05) is 0 Å². The van der Waals surface area contributed by atoms with Gasteiger partial charge in [0.05, 0.1) is 11.8 Å². The zero-order valence-corrected chi connectivity index (χ0v) is 14.7. The van der Waals surface area contributed by atoms with Crippen molar-refractivity contribution in [3.63, 3.8) is 0 Å². The molecule has 0 saturated carbocycles. The van der Waals surface area contributed by atoms with E-state index in [0.29, 0.717) is 0 Å². The summed E-state index contributed by atoms with van der Waals surface area (Å²) in [6.07, 6.45) is 5.44. The summed E-state index contributed by atoms with van der Waals surface area (Å²) in [5.74, 6) is -0.841. The lowest BCUT2D eigenvalue weighted by atomic mass is 10.2. The highest BCUT2D eigenvalue weighted by Crippen LogP contribution is 2.37. The number of nitrogens with zero attached hydrogens (tertiary/aromatic N) is 5. The van der Waals surface area contributed by atoms with Gasteiger partial charge in [-0.2, -0.15) is 13.2 Å². The van der Waals surface area contributed by atoms with Gasteiger partial charge in [-0.25, -0.2) is 9.97 Å². The van der Waals surface area contributed by atoms with E-state index >= 15 is 0 Å². The fourth-order valence-corrected chi connectivity index (χ4v) is 3.20. The zero-order valence-electron chi connectivity index (χ0n) is 13.9. The minimum absolute atomic E-state index is 0.103. The molecule has 0 aliphatic carbocycles. The van der Waals surface area contributed by atoms with Gasteiger partial charge in [-0.05, 0) is 12.1 Å². The van der Waals surface area contributed by atoms with Gasteiger partial charge in [0.2, 0.25) is 0 Å². The van der Waals surface area contributed by atoms with E-state index in [-0.39, 0.29) is 48.4 Å².